The van der Waals surface area contributed by atoms with E-state index in [2.05, 4.69) is 0 Å². The molecule has 0 unspecified atom stereocenters. The third kappa shape index (κ3) is 4.11. The Morgan fingerprint density at radius 2 is 1.84 bits per heavy atom. The van der Waals surface area contributed by atoms with Gasteiger partial charge in [-0.25, -0.2) is 12.8 Å². The number of sulfone groups is 1. The van der Waals surface area contributed by atoms with Gasteiger partial charge in [-0.3, -0.25) is 9.69 Å². The number of carbonyl (C=O) groups is 1. The third-order valence-corrected chi connectivity index (χ3v) is 4.79. The van der Waals surface area contributed by atoms with E-state index in [1.807, 2.05) is 4.90 Å². The summed E-state index contributed by atoms with van der Waals surface area (Å²) in [7, 11) is -2.93. The lowest BCUT2D eigenvalue weighted by atomic mass is 10.1. The van der Waals surface area contributed by atoms with Crippen LogP contribution >= 0.6 is 0 Å². The van der Waals surface area contributed by atoms with Crippen LogP contribution in [0.4, 0.5) is 4.39 Å². The number of hydrogen-bond acceptors (Lipinski definition) is 4. The second-order valence-corrected chi connectivity index (χ2v) is 7.04. The maximum Gasteiger partial charge on any atom is 0.152 e. The molecular weight excluding hydrogens is 269 g/mol. The Hall–Kier alpha value is -1.27. The Kier molecular flexibility index (Phi) is 4.31. The van der Waals surface area contributed by atoms with Crippen molar-refractivity contribution < 1.29 is 17.6 Å². The summed E-state index contributed by atoms with van der Waals surface area (Å²) in [6.45, 7) is 0.945. The summed E-state index contributed by atoms with van der Waals surface area (Å²) in [6.07, 6.45) is 0.0515. The zero-order chi connectivity index (χ0) is 13.9. The van der Waals surface area contributed by atoms with Crippen LogP contribution < -0.4 is 0 Å². The van der Waals surface area contributed by atoms with E-state index in [9.17, 15) is 17.6 Å². The van der Waals surface area contributed by atoms with E-state index < -0.39 is 9.84 Å². The van der Waals surface area contributed by atoms with Gasteiger partial charge in [-0.15, -0.1) is 0 Å². The monoisotopic (exact) mass is 285 g/mol. The van der Waals surface area contributed by atoms with Crippen molar-refractivity contribution >= 4 is 15.6 Å². The van der Waals surface area contributed by atoms with Crippen LogP contribution in [0.15, 0.2) is 24.3 Å². The van der Waals surface area contributed by atoms with Crippen molar-refractivity contribution in [3.63, 3.8) is 0 Å². The Morgan fingerprint density at radius 3 is 2.47 bits per heavy atom. The van der Waals surface area contributed by atoms with Gasteiger partial charge in [-0.05, 0) is 11.6 Å². The van der Waals surface area contributed by atoms with Crippen LogP contribution in [-0.2, 0) is 21.1 Å². The smallest absolute Gasteiger partial charge is 0.152 e. The van der Waals surface area contributed by atoms with Crippen LogP contribution in [0.25, 0.3) is 0 Å². The van der Waals surface area contributed by atoms with E-state index >= 15 is 0 Å². The van der Waals surface area contributed by atoms with Crippen LogP contribution in [0, 0.1) is 5.82 Å². The summed E-state index contributed by atoms with van der Waals surface area (Å²) in [5, 5.41) is 0. The molecule has 0 aliphatic carbocycles. The predicted molar refractivity (Wildman–Crippen MR) is 70.2 cm³/mol. The van der Waals surface area contributed by atoms with Crippen LogP contribution in [0.2, 0.25) is 0 Å². The average molecular weight is 285 g/mol. The molecule has 0 saturated carbocycles. The lowest BCUT2D eigenvalue weighted by Crippen LogP contribution is -2.43. The number of benzene rings is 1. The second kappa shape index (κ2) is 5.79. The van der Waals surface area contributed by atoms with E-state index in [4.69, 9.17) is 0 Å². The molecule has 0 N–H and O–H groups in total. The van der Waals surface area contributed by atoms with E-state index in [-0.39, 0.29) is 36.1 Å². The highest BCUT2D eigenvalue weighted by Gasteiger charge is 2.23. The molecule has 0 aromatic heterocycles. The normalized spacial score (nSPS) is 19.2. The van der Waals surface area contributed by atoms with Crippen LogP contribution in [0.1, 0.15) is 5.56 Å². The van der Waals surface area contributed by atoms with E-state index in [0.29, 0.717) is 18.7 Å². The Balaban J connectivity index is 1.87. The summed E-state index contributed by atoms with van der Waals surface area (Å²) in [5.41, 5.74) is 0.386. The number of Topliss-reactive ketones (excluding diaryl/α,β-unsaturated/α-hetero) is 1. The first-order valence-corrected chi connectivity index (χ1v) is 7.96. The van der Waals surface area contributed by atoms with E-state index in [1.165, 1.54) is 6.07 Å². The molecule has 1 heterocycles. The van der Waals surface area contributed by atoms with Gasteiger partial charge in [-0.1, -0.05) is 18.2 Å². The molecule has 19 heavy (non-hydrogen) atoms. The molecular formula is C13H16FNO3S. The molecule has 0 radical (unpaired) electrons. The van der Waals surface area contributed by atoms with E-state index in [0.717, 1.165) is 0 Å². The first kappa shape index (κ1) is 14.1. The van der Waals surface area contributed by atoms with Gasteiger partial charge >= 0.3 is 0 Å². The quantitative estimate of drug-likeness (QED) is 0.816. The molecule has 104 valence electrons. The van der Waals surface area contributed by atoms with Gasteiger partial charge in [0.05, 0.1) is 18.1 Å². The Bertz CT molecular complexity index is 557. The molecule has 0 amide bonds. The highest BCUT2D eigenvalue weighted by atomic mass is 32.2. The maximum atomic E-state index is 13.4. The molecule has 1 aliphatic rings. The van der Waals surface area contributed by atoms with Crippen LogP contribution in [-0.4, -0.2) is 50.2 Å². The topological polar surface area (TPSA) is 54.5 Å². The first-order chi connectivity index (χ1) is 8.96. The van der Waals surface area contributed by atoms with Crippen molar-refractivity contribution in [2.75, 3.05) is 31.1 Å². The summed E-state index contributed by atoms with van der Waals surface area (Å²) in [5.74, 6) is -0.276. The molecule has 1 saturated heterocycles. The van der Waals surface area contributed by atoms with Crippen molar-refractivity contribution in [1.29, 1.82) is 0 Å². The fourth-order valence-electron chi connectivity index (χ4n) is 2.07. The molecule has 0 bridgehead atoms. The fourth-order valence-corrected chi connectivity index (χ4v) is 3.34. The van der Waals surface area contributed by atoms with Gasteiger partial charge in [-0.2, -0.15) is 0 Å². The molecule has 1 aromatic rings. The molecule has 1 fully saturated rings. The minimum Gasteiger partial charge on any atom is -0.298 e. The molecule has 1 aliphatic heterocycles. The SMILES string of the molecule is O=C(Cc1ccccc1F)CN1CCS(=O)(=O)CC1. The van der Waals surface area contributed by atoms with Crippen molar-refractivity contribution in [3.8, 4) is 0 Å². The lowest BCUT2D eigenvalue weighted by molar-refractivity contribution is -0.119. The predicted octanol–water partition coefficient (Wildman–Crippen LogP) is 0.668. The molecule has 0 spiro atoms. The van der Waals surface area contributed by atoms with Gasteiger partial charge in [0.25, 0.3) is 0 Å². The van der Waals surface area contributed by atoms with E-state index in [1.54, 1.807) is 18.2 Å². The highest BCUT2D eigenvalue weighted by molar-refractivity contribution is 7.91. The van der Waals surface area contributed by atoms with Gasteiger partial charge in [0.2, 0.25) is 0 Å². The maximum absolute atomic E-state index is 13.4. The molecule has 0 atom stereocenters. The number of halogens is 1. The number of carbonyl (C=O) groups excluding carboxylic acids is 1. The number of hydrogen-bond donors (Lipinski definition) is 0. The fraction of sp³-hybridized carbons (Fsp3) is 0.462. The summed E-state index contributed by atoms with van der Waals surface area (Å²) < 4.78 is 35.9. The minimum atomic E-state index is -2.93. The minimum absolute atomic E-state index is 0.0515. The zero-order valence-electron chi connectivity index (χ0n) is 10.5. The lowest BCUT2D eigenvalue weighted by Gasteiger charge is -2.25. The van der Waals surface area contributed by atoms with Crippen molar-refractivity contribution in [2.24, 2.45) is 0 Å². The van der Waals surface area contributed by atoms with Gasteiger partial charge in [0.1, 0.15) is 5.82 Å². The third-order valence-electron chi connectivity index (χ3n) is 3.18. The van der Waals surface area contributed by atoms with Crippen molar-refractivity contribution in [3.05, 3.63) is 35.6 Å². The van der Waals surface area contributed by atoms with Crippen LogP contribution in [0.5, 0.6) is 0 Å². The molecule has 4 nitrogen and oxygen atoms in total. The summed E-state index contributed by atoms with van der Waals surface area (Å²) in [4.78, 5) is 13.6. The first-order valence-electron chi connectivity index (χ1n) is 6.14. The largest absolute Gasteiger partial charge is 0.298 e. The number of ketones is 1. The van der Waals surface area contributed by atoms with Crippen molar-refractivity contribution in [1.82, 2.24) is 4.90 Å². The summed E-state index contributed by atoms with van der Waals surface area (Å²) in [6, 6.07) is 6.20. The molecule has 1 aromatic carbocycles. The second-order valence-electron chi connectivity index (χ2n) is 4.73. The van der Waals surface area contributed by atoms with Gasteiger partial charge < -0.3 is 0 Å². The number of rotatable bonds is 4. The summed E-state index contributed by atoms with van der Waals surface area (Å²) >= 11 is 0. The molecule has 2 rings (SSSR count). The van der Waals surface area contributed by atoms with Gasteiger partial charge in [0, 0.05) is 19.5 Å². The highest BCUT2D eigenvalue weighted by Crippen LogP contribution is 2.09. The average Bonchev–Trinajstić information content (AvgIpc) is 2.35. The van der Waals surface area contributed by atoms with Crippen LogP contribution in [0.3, 0.4) is 0 Å². The van der Waals surface area contributed by atoms with Gasteiger partial charge in [0.15, 0.2) is 15.6 Å². The number of nitrogens with zero attached hydrogens (tertiary/aromatic N) is 1. The van der Waals surface area contributed by atoms with Crippen molar-refractivity contribution in [2.45, 2.75) is 6.42 Å². The molecule has 6 heteroatoms. The Morgan fingerprint density at radius 1 is 1.21 bits per heavy atom. The standard InChI is InChI=1S/C13H16FNO3S/c14-13-4-2-1-3-11(13)9-12(16)10-15-5-7-19(17,18)8-6-15/h1-4H,5-10H2. The Labute approximate surface area is 112 Å². The zero-order valence-corrected chi connectivity index (χ0v) is 11.3.